The predicted octanol–water partition coefficient (Wildman–Crippen LogP) is 0.864. The van der Waals surface area contributed by atoms with Gasteiger partial charge in [0.25, 0.3) is 5.56 Å². The Balaban J connectivity index is 2.08. The summed E-state index contributed by atoms with van der Waals surface area (Å²) >= 11 is 0. The minimum Gasteiger partial charge on any atom is -0.385 e. The smallest absolute Gasteiger partial charge is 0.250 e. The number of aromatic nitrogens is 1. The van der Waals surface area contributed by atoms with Crippen molar-refractivity contribution in [2.45, 2.75) is 19.4 Å². The SMILES string of the molecule is COCCCCNCCn1ccccc1=O. The summed E-state index contributed by atoms with van der Waals surface area (Å²) in [5.41, 5.74) is 0.0590. The van der Waals surface area contributed by atoms with Gasteiger partial charge in [-0.05, 0) is 25.5 Å². The maximum Gasteiger partial charge on any atom is 0.250 e. The lowest BCUT2D eigenvalue weighted by atomic mass is 10.3. The van der Waals surface area contributed by atoms with E-state index < -0.39 is 0 Å². The van der Waals surface area contributed by atoms with Gasteiger partial charge in [0.05, 0.1) is 0 Å². The monoisotopic (exact) mass is 224 g/mol. The van der Waals surface area contributed by atoms with Crippen LogP contribution in [-0.4, -0.2) is 31.4 Å². The molecule has 0 aliphatic heterocycles. The van der Waals surface area contributed by atoms with Crippen molar-refractivity contribution in [3.63, 3.8) is 0 Å². The lowest BCUT2D eigenvalue weighted by Gasteiger charge is -2.06. The molecule has 0 aliphatic rings. The lowest BCUT2D eigenvalue weighted by Crippen LogP contribution is -2.26. The van der Waals surface area contributed by atoms with Crippen molar-refractivity contribution < 1.29 is 4.74 Å². The number of nitrogens with one attached hydrogen (secondary N) is 1. The van der Waals surface area contributed by atoms with Crippen LogP contribution < -0.4 is 10.9 Å². The summed E-state index contributed by atoms with van der Waals surface area (Å²) in [7, 11) is 1.72. The van der Waals surface area contributed by atoms with E-state index in [-0.39, 0.29) is 5.56 Å². The molecule has 0 bridgehead atoms. The molecule has 16 heavy (non-hydrogen) atoms. The first kappa shape index (κ1) is 12.9. The van der Waals surface area contributed by atoms with Crippen molar-refractivity contribution >= 4 is 0 Å². The van der Waals surface area contributed by atoms with Gasteiger partial charge in [0.2, 0.25) is 0 Å². The second kappa shape index (κ2) is 8.07. The molecule has 1 aromatic heterocycles. The molecule has 0 radical (unpaired) electrons. The Morgan fingerprint density at radius 3 is 2.94 bits per heavy atom. The van der Waals surface area contributed by atoms with Gasteiger partial charge in [-0.15, -0.1) is 0 Å². The summed E-state index contributed by atoms with van der Waals surface area (Å²) in [4.78, 5) is 11.3. The normalized spacial score (nSPS) is 10.6. The Bertz CT molecular complexity index is 336. The maximum absolute atomic E-state index is 11.3. The van der Waals surface area contributed by atoms with Crippen LogP contribution >= 0.6 is 0 Å². The molecular weight excluding hydrogens is 204 g/mol. The second-order valence-corrected chi connectivity index (χ2v) is 3.68. The van der Waals surface area contributed by atoms with Crippen LogP contribution in [0.5, 0.6) is 0 Å². The van der Waals surface area contributed by atoms with Crippen LogP contribution in [0.4, 0.5) is 0 Å². The third-order valence-corrected chi connectivity index (χ3v) is 2.38. The van der Waals surface area contributed by atoms with E-state index in [1.54, 1.807) is 23.8 Å². The van der Waals surface area contributed by atoms with Crippen LogP contribution in [0.15, 0.2) is 29.2 Å². The van der Waals surface area contributed by atoms with Gasteiger partial charge in [0, 0.05) is 39.1 Å². The summed E-state index contributed by atoms with van der Waals surface area (Å²) < 4.78 is 6.67. The second-order valence-electron chi connectivity index (χ2n) is 3.68. The molecule has 0 spiro atoms. The summed E-state index contributed by atoms with van der Waals surface area (Å²) in [5, 5.41) is 3.30. The van der Waals surface area contributed by atoms with Crippen LogP contribution in [-0.2, 0) is 11.3 Å². The van der Waals surface area contributed by atoms with Gasteiger partial charge in [0.15, 0.2) is 0 Å². The quantitative estimate of drug-likeness (QED) is 0.666. The van der Waals surface area contributed by atoms with Gasteiger partial charge in [-0.25, -0.2) is 0 Å². The molecule has 0 aliphatic carbocycles. The van der Waals surface area contributed by atoms with E-state index in [0.29, 0.717) is 0 Å². The third-order valence-electron chi connectivity index (χ3n) is 2.38. The van der Waals surface area contributed by atoms with Crippen molar-refractivity contribution in [3.05, 3.63) is 34.7 Å². The molecule has 90 valence electrons. The van der Waals surface area contributed by atoms with Crippen molar-refractivity contribution in [1.29, 1.82) is 0 Å². The highest BCUT2D eigenvalue weighted by atomic mass is 16.5. The Kier molecular flexibility index (Phi) is 6.53. The van der Waals surface area contributed by atoms with Crippen LogP contribution in [0.1, 0.15) is 12.8 Å². The molecule has 0 unspecified atom stereocenters. The van der Waals surface area contributed by atoms with E-state index in [9.17, 15) is 4.79 Å². The molecule has 0 saturated carbocycles. The number of hydrogen-bond donors (Lipinski definition) is 1. The summed E-state index contributed by atoms with van der Waals surface area (Å²) in [6, 6.07) is 5.22. The molecule has 0 amide bonds. The third kappa shape index (κ3) is 5.09. The largest absolute Gasteiger partial charge is 0.385 e. The van der Waals surface area contributed by atoms with Crippen LogP contribution in [0.2, 0.25) is 0 Å². The number of ether oxygens (including phenoxy) is 1. The van der Waals surface area contributed by atoms with E-state index in [2.05, 4.69) is 5.32 Å². The standard InChI is InChI=1S/C12H20N2O2/c1-16-11-5-3-7-13-8-10-14-9-4-2-6-12(14)15/h2,4,6,9,13H,3,5,7-8,10-11H2,1H3. The Labute approximate surface area is 96.2 Å². The number of hydrogen-bond acceptors (Lipinski definition) is 3. The highest BCUT2D eigenvalue weighted by Crippen LogP contribution is 1.87. The topological polar surface area (TPSA) is 43.3 Å². The lowest BCUT2D eigenvalue weighted by molar-refractivity contribution is 0.192. The number of rotatable bonds is 8. The average molecular weight is 224 g/mol. The molecular formula is C12H20N2O2. The summed E-state index contributed by atoms with van der Waals surface area (Å²) in [5.74, 6) is 0. The van der Waals surface area contributed by atoms with Crippen LogP contribution in [0.3, 0.4) is 0 Å². The highest BCUT2D eigenvalue weighted by Gasteiger charge is 1.93. The zero-order chi connectivity index (χ0) is 11.6. The van der Waals surface area contributed by atoms with Crippen molar-refractivity contribution in [1.82, 2.24) is 9.88 Å². The first-order valence-electron chi connectivity index (χ1n) is 5.69. The van der Waals surface area contributed by atoms with E-state index in [1.807, 2.05) is 12.3 Å². The molecule has 0 atom stereocenters. The van der Waals surface area contributed by atoms with Gasteiger partial charge >= 0.3 is 0 Å². The van der Waals surface area contributed by atoms with Crippen molar-refractivity contribution in [2.75, 3.05) is 26.8 Å². The van der Waals surface area contributed by atoms with Crippen LogP contribution in [0.25, 0.3) is 0 Å². The zero-order valence-corrected chi connectivity index (χ0v) is 9.82. The van der Waals surface area contributed by atoms with Gasteiger partial charge in [-0.1, -0.05) is 6.07 Å². The number of nitrogens with zero attached hydrogens (tertiary/aromatic N) is 1. The minimum atomic E-state index is 0.0590. The van der Waals surface area contributed by atoms with Gasteiger partial charge < -0.3 is 14.6 Å². The average Bonchev–Trinajstić information content (AvgIpc) is 2.30. The minimum absolute atomic E-state index is 0.0590. The molecule has 0 fully saturated rings. The molecule has 1 rings (SSSR count). The maximum atomic E-state index is 11.3. The fraction of sp³-hybridized carbons (Fsp3) is 0.583. The fourth-order valence-corrected chi connectivity index (χ4v) is 1.47. The zero-order valence-electron chi connectivity index (χ0n) is 9.82. The summed E-state index contributed by atoms with van der Waals surface area (Å²) in [6.45, 7) is 3.35. The van der Waals surface area contributed by atoms with E-state index in [1.165, 1.54) is 0 Å². The number of pyridine rings is 1. The molecule has 1 N–H and O–H groups in total. The van der Waals surface area contributed by atoms with Crippen molar-refractivity contribution in [3.8, 4) is 0 Å². The van der Waals surface area contributed by atoms with Gasteiger partial charge in [-0.2, -0.15) is 0 Å². The Morgan fingerprint density at radius 1 is 1.31 bits per heavy atom. The van der Waals surface area contributed by atoms with E-state index in [0.717, 1.165) is 39.1 Å². The first-order chi connectivity index (χ1) is 7.84. The van der Waals surface area contributed by atoms with E-state index >= 15 is 0 Å². The fourth-order valence-electron chi connectivity index (χ4n) is 1.47. The Morgan fingerprint density at radius 2 is 2.19 bits per heavy atom. The van der Waals surface area contributed by atoms with Crippen molar-refractivity contribution in [2.24, 2.45) is 0 Å². The molecule has 1 aromatic rings. The van der Waals surface area contributed by atoms with E-state index in [4.69, 9.17) is 4.74 Å². The summed E-state index contributed by atoms with van der Waals surface area (Å²) in [6.07, 6.45) is 4.00. The Hall–Kier alpha value is -1.13. The highest BCUT2D eigenvalue weighted by molar-refractivity contribution is 4.93. The number of unbranched alkanes of at least 4 members (excludes halogenated alkanes) is 1. The molecule has 1 heterocycles. The van der Waals surface area contributed by atoms with Gasteiger partial charge in [-0.3, -0.25) is 4.79 Å². The predicted molar refractivity (Wildman–Crippen MR) is 64.7 cm³/mol. The molecule has 4 nitrogen and oxygen atoms in total. The molecule has 0 saturated heterocycles. The van der Waals surface area contributed by atoms with Crippen LogP contribution in [0, 0.1) is 0 Å². The first-order valence-corrected chi connectivity index (χ1v) is 5.69. The van der Waals surface area contributed by atoms with Gasteiger partial charge in [0.1, 0.15) is 0 Å². The molecule has 4 heteroatoms. The number of methoxy groups -OCH3 is 1. The molecule has 0 aromatic carbocycles.